The lowest BCUT2D eigenvalue weighted by Gasteiger charge is -2.34. The fraction of sp³-hybridized carbons (Fsp3) is 0.250. The second-order valence-corrected chi connectivity index (χ2v) is 8.28. The molecular weight excluding hydrogens is 348 g/mol. The third kappa shape index (κ3) is 3.40. The second-order valence-electron chi connectivity index (χ2n) is 6.30. The topological polar surface area (TPSA) is 32.3 Å². The lowest BCUT2D eigenvalue weighted by Crippen LogP contribution is -2.40. The van der Waals surface area contributed by atoms with E-state index in [1.54, 1.807) is 11.3 Å². The molecule has 3 nitrogen and oxygen atoms in total. The molecule has 0 spiro atoms. The third-order valence-corrected chi connectivity index (χ3v) is 6.57. The molecule has 3 heterocycles. The number of hydrogen-bond acceptors (Lipinski definition) is 4. The van der Waals surface area contributed by atoms with Crippen molar-refractivity contribution in [1.29, 1.82) is 0 Å². The van der Waals surface area contributed by atoms with E-state index in [4.69, 9.17) is 0 Å². The molecule has 128 valence electrons. The van der Waals surface area contributed by atoms with E-state index >= 15 is 0 Å². The highest BCUT2D eigenvalue weighted by Crippen LogP contribution is 2.39. The van der Waals surface area contributed by atoms with Gasteiger partial charge in [0.15, 0.2) is 0 Å². The Bertz CT molecular complexity index is 869. The second kappa shape index (κ2) is 7.12. The summed E-state index contributed by atoms with van der Waals surface area (Å²) in [5.74, 6) is 0.0505. The molecule has 0 aliphatic carbocycles. The van der Waals surface area contributed by atoms with Crippen molar-refractivity contribution in [3.63, 3.8) is 0 Å². The Hall–Kier alpha value is -1.95. The summed E-state index contributed by atoms with van der Waals surface area (Å²) < 4.78 is 0. The maximum atomic E-state index is 12.7. The lowest BCUT2D eigenvalue weighted by molar-refractivity contribution is -0.117. The predicted molar refractivity (Wildman–Crippen MR) is 106 cm³/mol. The number of carbonyl (C=O) groups is 1. The number of aryl methyl sites for hydroxylation is 1. The van der Waals surface area contributed by atoms with Crippen LogP contribution in [0.1, 0.15) is 26.9 Å². The van der Waals surface area contributed by atoms with Crippen LogP contribution in [0, 0.1) is 6.92 Å². The predicted octanol–water partition coefficient (Wildman–Crippen LogP) is 4.70. The van der Waals surface area contributed by atoms with Crippen LogP contribution >= 0.6 is 22.7 Å². The quantitative estimate of drug-likeness (QED) is 0.724. The van der Waals surface area contributed by atoms with Crippen LogP contribution in [0.4, 0.5) is 5.69 Å². The summed E-state index contributed by atoms with van der Waals surface area (Å²) >= 11 is 3.59. The number of hydrogen-bond donors (Lipinski definition) is 1. The fourth-order valence-electron chi connectivity index (χ4n) is 3.41. The van der Waals surface area contributed by atoms with E-state index in [2.05, 4.69) is 39.2 Å². The average molecular weight is 369 g/mol. The molecule has 3 aromatic rings. The largest absolute Gasteiger partial charge is 0.325 e. The van der Waals surface area contributed by atoms with Crippen molar-refractivity contribution in [3.8, 4) is 0 Å². The molecule has 0 radical (unpaired) electrons. The number of carbonyl (C=O) groups excluding carboxylic acids is 1. The molecule has 2 aromatic heterocycles. The zero-order chi connectivity index (χ0) is 17.2. The molecule has 1 aliphatic rings. The summed E-state index contributed by atoms with van der Waals surface area (Å²) in [7, 11) is 0. The Balaban J connectivity index is 1.55. The third-order valence-electron chi connectivity index (χ3n) is 4.64. The molecule has 5 heteroatoms. The minimum Gasteiger partial charge on any atom is -0.325 e. The number of anilines is 1. The number of para-hydroxylation sites is 1. The fourth-order valence-corrected chi connectivity index (χ4v) is 5.19. The maximum absolute atomic E-state index is 12.7. The van der Waals surface area contributed by atoms with Crippen molar-refractivity contribution in [3.05, 3.63) is 74.1 Å². The van der Waals surface area contributed by atoms with Crippen LogP contribution in [0.2, 0.25) is 0 Å². The first-order chi connectivity index (χ1) is 12.2. The summed E-state index contributed by atoms with van der Waals surface area (Å²) in [6.45, 7) is 3.34. The minimum atomic E-state index is 0.0505. The van der Waals surface area contributed by atoms with Gasteiger partial charge in [0.2, 0.25) is 5.91 Å². The van der Waals surface area contributed by atoms with E-state index in [-0.39, 0.29) is 11.9 Å². The van der Waals surface area contributed by atoms with Crippen LogP contribution in [0.3, 0.4) is 0 Å². The Morgan fingerprint density at radius 2 is 2.04 bits per heavy atom. The van der Waals surface area contributed by atoms with Gasteiger partial charge in [0.25, 0.3) is 0 Å². The highest BCUT2D eigenvalue weighted by Gasteiger charge is 2.31. The van der Waals surface area contributed by atoms with Crippen LogP contribution in [-0.4, -0.2) is 23.9 Å². The SMILES string of the molecule is Cc1ccccc1NC(=O)CN1CCc2sccc2[C@H]1c1cccs1. The molecule has 1 aromatic carbocycles. The van der Waals surface area contributed by atoms with Crippen LogP contribution in [0.15, 0.2) is 53.2 Å². The Morgan fingerprint density at radius 1 is 1.16 bits per heavy atom. The van der Waals surface area contributed by atoms with Crippen molar-refractivity contribution in [2.45, 2.75) is 19.4 Å². The molecule has 0 bridgehead atoms. The average Bonchev–Trinajstić information content (AvgIpc) is 3.28. The van der Waals surface area contributed by atoms with Gasteiger partial charge in [0.05, 0.1) is 12.6 Å². The Labute approximate surface area is 155 Å². The van der Waals surface area contributed by atoms with Crippen molar-refractivity contribution in [2.75, 3.05) is 18.4 Å². The van der Waals surface area contributed by atoms with Crippen molar-refractivity contribution < 1.29 is 4.79 Å². The van der Waals surface area contributed by atoms with Gasteiger partial charge in [0, 0.05) is 22.0 Å². The smallest absolute Gasteiger partial charge is 0.238 e. The molecule has 1 N–H and O–H groups in total. The van der Waals surface area contributed by atoms with Crippen LogP contribution in [-0.2, 0) is 11.2 Å². The van der Waals surface area contributed by atoms with Gasteiger partial charge in [-0.2, -0.15) is 0 Å². The number of nitrogens with zero attached hydrogens (tertiary/aromatic N) is 1. The summed E-state index contributed by atoms with van der Waals surface area (Å²) in [6.07, 6.45) is 1.02. The van der Waals surface area contributed by atoms with Crippen molar-refractivity contribution >= 4 is 34.3 Å². The first-order valence-corrected chi connectivity index (χ1v) is 10.2. The van der Waals surface area contributed by atoms with Gasteiger partial charge in [-0.1, -0.05) is 24.3 Å². The summed E-state index contributed by atoms with van der Waals surface area (Å²) in [4.78, 5) is 17.7. The molecule has 0 unspecified atom stereocenters. The molecule has 25 heavy (non-hydrogen) atoms. The van der Waals surface area contributed by atoms with Gasteiger partial charge in [-0.25, -0.2) is 0 Å². The van der Waals surface area contributed by atoms with Crippen LogP contribution in [0.5, 0.6) is 0 Å². The monoisotopic (exact) mass is 368 g/mol. The van der Waals surface area contributed by atoms with E-state index in [9.17, 15) is 4.79 Å². The minimum absolute atomic E-state index is 0.0505. The molecule has 0 fully saturated rings. The van der Waals surface area contributed by atoms with E-state index in [0.717, 1.165) is 24.2 Å². The summed E-state index contributed by atoms with van der Waals surface area (Å²) in [6, 6.07) is 14.6. The molecule has 0 saturated carbocycles. The highest BCUT2D eigenvalue weighted by molar-refractivity contribution is 7.10. The Morgan fingerprint density at radius 3 is 2.84 bits per heavy atom. The zero-order valence-corrected chi connectivity index (χ0v) is 15.7. The van der Waals surface area contributed by atoms with Crippen molar-refractivity contribution in [1.82, 2.24) is 4.90 Å². The van der Waals surface area contributed by atoms with Gasteiger partial charge in [-0.05, 0) is 53.4 Å². The van der Waals surface area contributed by atoms with Crippen LogP contribution < -0.4 is 5.32 Å². The van der Waals surface area contributed by atoms with Gasteiger partial charge >= 0.3 is 0 Å². The van der Waals surface area contributed by atoms with Gasteiger partial charge in [-0.15, -0.1) is 22.7 Å². The highest BCUT2D eigenvalue weighted by atomic mass is 32.1. The molecular formula is C20H20N2OS2. The van der Waals surface area contributed by atoms with Gasteiger partial charge in [-0.3, -0.25) is 9.69 Å². The molecule has 0 saturated heterocycles. The van der Waals surface area contributed by atoms with Gasteiger partial charge in [0.1, 0.15) is 0 Å². The lowest BCUT2D eigenvalue weighted by atomic mass is 9.98. The van der Waals surface area contributed by atoms with Crippen molar-refractivity contribution in [2.24, 2.45) is 0 Å². The molecule has 1 atom stereocenters. The summed E-state index contributed by atoms with van der Waals surface area (Å²) in [5, 5.41) is 7.35. The first-order valence-electron chi connectivity index (χ1n) is 8.41. The molecule has 1 aliphatic heterocycles. The molecule has 1 amide bonds. The number of amides is 1. The van der Waals surface area contributed by atoms with E-state index in [1.807, 2.05) is 42.5 Å². The number of thiophene rings is 2. The van der Waals surface area contributed by atoms with E-state index in [0.29, 0.717) is 6.54 Å². The number of benzene rings is 1. The zero-order valence-electron chi connectivity index (χ0n) is 14.1. The Kier molecular flexibility index (Phi) is 4.70. The van der Waals surface area contributed by atoms with E-state index < -0.39 is 0 Å². The number of fused-ring (bicyclic) bond motifs is 1. The van der Waals surface area contributed by atoms with Gasteiger partial charge < -0.3 is 5.32 Å². The summed E-state index contributed by atoms with van der Waals surface area (Å²) in [5.41, 5.74) is 3.35. The van der Waals surface area contributed by atoms with E-state index in [1.165, 1.54) is 15.3 Å². The van der Waals surface area contributed by atoms with Crippen LogP contribution in [0.25, 0.3) is 0 Å². The maximum Gasteiger partial charge on any atom is 0.238 e. The first kappa shape index (κ1) is 16.5. The number of rotatable bonds is 4. The normalized spacial score (nSPS) is 17.2. The number of nitrogens with one attached hydrogen (secondary N) is 1. The molecule has 4 rings (SSSR count). The standard InChI is InChI=1S/C20H20N2OS2/c1-14-5-2-3-6-16(14)21-19(23)13-22-10-8-17-15(9-12-25-17)20(22)18-7-4-11-24-18/h2-7,9,11-12,20H,8,10,13H2,1H3,(H,21,23)/t20-/m0/s1.